The van der Waals surface area contributed by atoms with Crippen molar-refractivity contribution >= 4 is 17.5 Å². The van der Waals surface area contributed by atoms with Crippen LogP contribution in [-0.4, -0.2) is 42.4 Å². The van der Waals surface area contributed by atoms with Gasteiger partial charge in [0.2, 0.25) is 0 Å². The molecule has 1 aromatic rings. The van der Waals surface area contributed by atoms with Gasteiger partial charge in [-0.1, -0.05) is 12.1 Å². The SMILES string of the molecule is CN1CCN(c2cccc(CC(C)(C)N)c2)C(=O)C1=O. The van der Waals surface area contributed by atoms with Gasteiger partial charge in [-0.3, -0.25) is 9.59 Å². The van der Waals surface area contributed by atoms with E-state index in [4.69, 9.17) is 5.73 Å². The molecule has 0 unspecified atom stereocenters. The van der Waals surface area contributed by atoms with Crippen molar-refractivity contribution in [1.82, 2.24) is 4.90 Å². The standard InChI is InChI=1S/C15H21N3O2/c1-15(2,16)10-11-5-4-6-12(9-11)18-8-7-17(3)13(19)14(18)20/h4-6,9H,7-8,10,16H2,1-3H3. The number of piperazine rings is 1. The number of nitrogens with zero attached hydrogens (tertiary/aromatic N) is 2. The van der Waals surface area contributed by atoms with Crippen molar-refractivity contribution in [2.45, 2.75) is 25.8 Å². The zero-order chi connectivity index (χ0) is 14.9. The van der Waals surface area contributed by atoms with E-state index in [0.717, 1.165) is 17.7 Å². The molecule has 1 heterocycles. The fourth-order valence-electron chi connectivity index (χ4n) is 2.34. The lowest BCUT2D eigenvalue weighted by molar-refractivity contribution is -0.145. The van der Waals surface area contributed by atoms with Gasteiger partial charge in [0.25, 0.3) is 0 Å². The molecule has 1 aromatic carbocycles. The normalized spacial score (nSPS) is 16.8. The van der Waals surface area contributed by atoms with E-state index in [0.29, 0.717) is 13.1 Å². The molecule has 0 saturated carbocycles. The van der Waals surface area contributed by atoms with Crippen LogP contribution in [-0.2, 0) is 16.0 Å². The van der Waals surface area contributed by atoms with Gasteiger partial charge in [0.05, 0.1) is 0 Å². The van der Waals surface area contributed by atoms with Crippen LogP contribution in [0, 0.1) is 0 Å². The summed E-state index contributed by atoms with van der Waals surface area (Å²) in [5, 5.41) is 0. The first-order valence-corrected chi connectivity index (χ1v) is 6.73. The van der Waals surface area contributed by atoms with Crippen molar-refractivity contribution in [3.63, 3.8) is 0 Å². The first-order chi connectivity index (χ1) is 9.28. The zero-order valence-electron chi connectivity index (χ0n) is 12.2. The molecule has 0 bridgehead atoms. The third-order valence-corrected chi connectivity index (χ3v) is 3.32. The Hall–Kier alpha value is -1.88. The van der Waals surface area contributed by atoms with E-state index < -0.39 is 11.8 Å². The summed E-state index contributed by atoms with van der Waals surface area (Å²) in [6.45, 7) is 5.00. The van der Waals surface area contributed by atoms with Gasteiger partial charge >= 0.3 is 11.8 Å². The number of hydrogen-bond donors (Lipinski definition) is 1. The summed E-state index contributed by atoms with van der Waals surface area (Å²) in [5.41, 5.74) is 7.54. The molecule has 108 valence electrons. The zero-order valence-corrected chi connectivity index (χ0v) is 12.2. The molecule has 0 spiro atoms. The van der Waals surface area contributed by atoms with Crippen molar-refractivity contribution in [3.05, 3.63) is 29.8 Å². The van der Waals surface area contributed by atoms with E-state index in [1.165, 1.54) is 9.80 Å². The second kappa shape index (κ2) is 5.25. The molecule has 2 amide bonds. The molecular formula is C15H21N3O2. The maximum absolute atomic E-state index is 12.0. The summed E-state index contributed by atoms with van der Waals surface area (Å²) >= 11 is 0. The third kappa shape index (κ3) is 3.17. The second-order valence-electron chi connectivity index (χ2n) is 6.02. The Labute approximate surface area is 119 Å². The molecule has 2 rings (SSSR count). The number of rotatable bonds is 3. The highest BCUT2D eigenvalue weighted by molar-refractivity contribution is 6.40. The number of anilines is 1. The van der Waals surface area contributed by atoms with E-state index >= 15 is 0 Å². The van der Waals surface area contributed by atoms with Gasteiger partial charge in [0, 0.05) is 31.4 Å². The summed E-state index contributed by atoms with van der Waals surface area (Å²) in [5.74, 6) is -0.927. The van der Waals surface area contributed by atoms with Gasteiger partial charge in [-0.25, -0.2) is 0 Å². The minimum Gasteiger partial charge on any atom is -0.336 e. The van der Waals surface area contributed by atoms with E-state index in [1.807, 2.05) is 38.1 Å². The van der Waals surface area contributed by atoms with Crippen molar-refractivity contribution in [1.29, 1.82) is 0 Å². The molecule has 1 fully saturated rings. The Bertz CT molecular complexity index is 534. The highest BCUT2D eigenvalue weighted by Gasteiger charge is 2.31. The maximum Gasteiger partial charge on any atom is 0.316 e. The molecule has 1 aliphatic rings. The fourth-order valence-corrected chi connectivity index (χ4v) is 2.34. The van der Waals surface area contributed by atoms with E-state index in [2.05, 4.69) is 0 Å². The van der Waals surface area contributed by atoms with E-state index in [9.17, 15) is 9.59 Å². The molecular weight excluding hydrogens is 254 g/mol. The molecule has 1 saturated heterocycles. The topological polar surface area (TPSA) is 66.6 Å². The summed E-state index contributed by atoms with van der Waals surface area (Å²) in [7, 11) is 1.64. The van der Waals surface area contributed by atoms with Crippen LogP contribution in [0.4, 0.5) is 5.69 Å². The summed E-state index contributed by atoms with van der Waals surface area (Å²) in [6.07, 6.45) is 0.719. The number of carbonyl (C=O) groups is 2. The van der Waals surface area contributed by atoms with Crippen molar-refractivity contribution < 1.29 is 9.59 Å². The summed E-state index contributed by atoms with van der Waals surface area (Å²) in [4.78, 5) is 26.8. The van der Waals surface area contributed by atoms with Crippen LogP contribution in [0.1, 0.15) is 19.4 Å². The first kappa shape index (κ1) is 14.5. The predicted octanol–water partition coefficient (Wildman–Crippen LogP) is 0.771. The Morgan fingerprint density at radius 1 is 1.20 bits per heavy atom. The molecule has 20 heavy (non-hydrogen) atoms. The predicted molar refractivity (Wildman–Crippen MR) is 78.4 cm³/mol. The van der Waals surface area contributed by atoms with Gasteiger partial charge in [-0.05, 0) is 38.0 Å². The average Bonchev–Trinajstić information content (AvgIpc) is 2.34. The van der Waals surface area contributed by atoms with Crippen LogP contribution >= 0.6 is 0 Å². The quantitative estimate of drug-likeness (QED) is 0.829. The third-order valence-electron chi connectivity index (χ3n) is 3.32. The summed E-state index contributed by atoms with van der Waals surface area (Å²) in [6, 6.07) is 7.67. The van der Waals surface area contributed by atoms with E-state index in [1.54, 1.807) is 7.05 Å². The molecule has 5 heteroatoms. The number of carbonyl (C=O) groups excluding carboxylic acids is 2. The van der Waals surface area contributed by atoms with Crippen LogP contribution in [0.2, 0.25) is 0 Å². The van der Waals surface area contributed by atoms with Crippen LogP contribution in [0.5, 0.6) is 0 Å². The first-order valence-electron chi connectivity index (χ1n) is 6.73. The Morgan fingerprint density at radius 2 is 1.90 bits per heavy atom. The van der Waals surface area contributed by atoms with Crippen LogP contribution in [0.15, 0.2) is 24.3 Å². The molecule has 2 N–H and O–H groups in total. The molecule has 5 nitrogen and oxygen atoms in total. The number of hydrogen-bond acceptors (Lipinski definition) is 3. The summed E-state index contributed by atoms with van der Waals surface area (Å²) < 4.78 is 0. The fraction of sp³-hybridized carbons (Fsp3) is 0.467. The minimum atomic E-state index is -0.470. The Balaban J connectivity index is 2.23. The van der Waals surface area contributed by atoms with Gasteiger partial charge < -0.3 is 15.5 Å². The highest BCUT2D eigenvalue weighted by atomic mass is 16.2. The number of likely N-dealkylation sites (N-methyl/N-ethyl adjacent to an activating group) is 1. The van der Waals surface area contributed by atoms with Gasteiger partial charge in [-0.2, -0.15) is 0 Å². The smallest absolute Gasteiger partial charge is 0.316 e. The Morgan fingerprint density at radius 3 is 2.55 bits per heavy atom. The largest absolute Gasteiger partial charge is 0.336 e. The van der Waals surface area contributed by atoms with E-state index in [-0.39, 0.29) is 5.54 Å². The van der Waals surface area contributed by atoms with Crippen LogP contribution in [0.3, 0.4) is 0 Å². The number of amides is 2. The van der Waals surface area contributed by atoms with Gasteiger partial charge in [-0.15, -0.1) is 0 Å². The van der Waals surface area contributed by atoms with Crippen LogP contribution in [0.25, 0.3) is 0 Å². The molecule has 0 radical (unpaired) electrons. The lowest BCUT2D eigenvalue weighted by Crippen LogP contribution is -2.53. The average molecular weight is 275 g/mol. The minimum absolute atomic E-state index is 0.305. The second-order valence-corrected chi connectivity index (χ2v) is 6.02. The molecule has 0 aromatic heterocycles. The lowest BCUT2D eigenvalue weighted by Gasteiger charge is -2.31. The van der Waals surface area contributed by atoms with Gasteiger partial charge in [0.1, 0.15) is 0 Å². The molecule has 0 aliphatic carbocycles. The lowest BCUT2D eigenvalue weighted by atomic mass is 9.96. The number of nitrogens with two attached hydrogens (primary N) is 1. The molecule has 1 aliphatic heterocycles. The van der Waals surface area contributed by atoms with Gasteiger partial charge in [0.15, 0.2) is 0 Å². The maximum atomic E-state index is 12.0. The van der Waals surface area contributed by atoms with Crippen molar-refractivity contribution in [2.24, 2.45) is 5.73 Å². The highest BCUT2D eigenvalue weighted by Crippen LogP contribution is 2.21. The number of benzene rings is 1. The van der Waals surface area contributed by atoms with Crippen molar-refractivity contribution in [2.75, 3.05) is 25.0 Å². The monoisotopic (exact) mass is 275 g/mol. The van der Waals surface area contributed by atoms with Crippen LogP contribution < -0.4 is 10.6 Å². The molecule has 0 atom stereocenters. The van der Waals surface area contributed by atoms with Crippen molar-refractivity contribution in [3.8, 4) is 0 Å². The Kier molecular flexibility index (Phi) is 3.81.